The molecule has 0 aliphatic carbocycles. The van der Waals surface area contributed by atoms with Crippen molar-refractivity contribution >= 4 is 27.8 Å². The highest BCUT2D eigenvalue weighted by Crippen LogP contribution is 2.25. The Bertz CT molecular complexity index is 1570. The second kappa shape index (κ2) is 10.2. The summed E-state index contributed by atoms with van der Waals surface area (Å²) in [5.74, 6) is 0.763. The molecule has 2 aromatic carbocycles. The van der Waals surface area contributed by atoms with Crippen molar-refractivity contribution in [2.45, 2.75) is 52.2 Å². The van der Waals surface area contributed by atoms with E-state index in [1.807, 2.05) is 56.3 Å². The first-order chi connectivity index (χ1) is 17.5. The van der Waals surface area contributed by atoms with Gasteiger partial charge in [-0.3, -0.25) is 14.2 Å². The number of carbonyl (C=O) groups excluding carboxylic acids is 1. The van der Waals surface area contributed by atoms with Crippen LogP contribution in [0.3, 0.4) is 0 Å². The predicted octanol–water partition coefficient (Wildman–Crippen LogP) is 3.48. The third-order valence-corrected chi connectivity index (χ3v) is 6.28. The van der Waals surface area contributed by atoms with Crippen molar-refractivity contribution in [2.24, 2.45) is 0 Å². The summed E-state index contributed by atoms with van der Waals surface area (Å²) < 4.78 is 8.45. The lowest BCUT2D eigenvalue weighted by molar-refractivity contribution is -0.122. The average molecular weight is 485 g/mol. The van der Waals surface area contributed by atoms with E-state index in [0.717, 1.165) is 23.7 Å². The van der Waals surface area contributed by atoms with Crippen LogP contribution in [0.25, 0.3) is 21.9 Å². The van der Waals surface area contributed by atoms with Gasteiger partial charge in [-0.25, -0.2) is 4.98 Å². The number of fused-ring (bicyclic) bond motifs is 3. The fourth-order valence-electron chi connectivity index (χ4n) is 4.43. The summed E-state index contributed by atoms with van der Waals surface area (Å²) in [6.45, 7) is 4.05. The Morgan fingerprint density at radius 1 is 1.11 bits per heavy atom. The summed E-state index contributed by atoms with van der Waals surface area (Å²) in [4.78, 5) is 35.5. The molecule has 0 spiro atoms. The van der Waals surface area contributed by atoms with Crippen molar-refractivity contribution in [3.8, 4) is 0 Å². The van der Waals surface area contributed by atoms with Crippen molar-refractivity contribution < 1.29 is 9.32 Å². The Hall–Kier alpha value is -4.27. The van der Waals surface area contributed by atoms with Gasteiger partial charge in [0.1, 0.15) is 24.1 Å². The topological polar surface area (TPSA) is 108 Å². The number of amides is 1. The molecule has 184 valence electrons. The SMILES string of the molecule is CCc1noc(Cn2cnc3c4ccccc4n(CC(=O)N[C@H](C)CCc4ccccc4)c3c2=O)n1. The van der Waals surface area contributed by atoms with E-state index in [-0.39, 0.29) is 30.6 Å². The largest absolute Gasteiger partial charge is 0.352 e. The fourth-order valence-corrected chi connectivity index (χ4v) is 4.43. The molecular weight excluding hydrogens is 456 g/mol. The lowest BCUT2D eigenvalue weighted by atomic mass is 10.1. The van der Waals surface area contributed by atoms with Crippen LogP contribution < -0.4 is 10.9 Å². The average Bonchev–Trinajstić information content (AvgIpc) is 3.48. The summed E-state index contributed by atoms with van der Waals surface area (Å²) in [6, 6.07) is 17.8. The standard InChI is InChI=1S/C27H28N6O3/c1-3-22-30-24(36-31-22)16-32-17-28-25-20-11-7-8-12-21(20)33(26(25)27(32)35)15-23(34)29-18(2)13-14-19-9-5-4-6-10-19/h4-12,17-18H,3,13-16H2,1-2H3,(H,29,34)/t18-/m1/s1. The summed E-state index contributed by atoms with van der Waals surface area (Å²) in [5.41, 5.74) is 2.70. The van der Waals surface area contributed by atoms with Crippen LogP contribution in [0.2, 0.25) is 0 Å². The Labute approximate surface area is 207 Å². The van der Waals surface area contributed by atoms with Crippen molar-refractivity contribution in [1.82, 2.24) is 29.6 Å². The first-order valence-corrected chi connectivity index (χ1v) is 12.1. The molecule has 0 aliphatic rings. The normalized spacial score (nSPS) is 12.3. The first kappa shape index (κ1) is 23.5. The molecule has 1 amide bonds. The van der Waals surface area contributed by atoms with E-state index in [9.17, 15) is 9.59 Å². The highest BCUT2D eigenvalue weighted by Gasteiger charge is 2.19. The Morgan fingerprint density at radius 3 is 2.67 bits per heavy atom. The van der Waals surface area contributed by atoms with Gasteiger partial charge in [0.2, 0.25) is 11.8 Å². The smallest absolute Gasteiger partial charge is 0.278 e. The van der Waals surface area contributed by atoms with Gasteiger partial charge in [-0.1, -0.05) is 60.6 Å². The lowest BCUT2D eigenvalue weighted by Crippen LogP contribution is -2.36. The molecule has 5 aromatic rings. The van der Waals surface area contributed by atoms with Crippen LogP contribution in [-0.4, -0.2) is 36.2 Å². The molecule has 0 bridgehead atoms. The quantitative estimate of drug-likeness (QED) is 0.343. The molecule has 0 saturated carbocycles. The van der Waals surface area contributed by atoms with E-state index in [4.69, 9.17) is 4.52 Å². The number of carbonyl (C=O) groups is 1. The van der Waals surface area contributed by atoms with Crippen LogP contribution in [0.15, 0.2) is 70.2 Å². The van der Waals surface area contributed by atoms with E-state index in [1.165, 1.54) is 16.5 Å². The molecule has 36 heavy (non-hydrogen) atoms. The van der Waals surface area contributed by atoms with E-state index in [1.54, 1.807) is 4.57 Å². The molecule has 0 unspecified atom stereocenters. The van der Waals surface area contributed by atoms with Crippen molar-refractivity contribution in [3.63, 3.8) is 0 Å². The first-order valence-electron chi connectivity index (χ1n) is 12.1. The van der Waals surface area contributed by atoms with Gasteiger partial charge >= 0.3 is 0 Å². The molecule has 3 heterocycles. The number of aryl methyl sites for hydroxylation is 2. The van der Waals surface area contributed by atoms with Crippen LogP contribution in [0, 0.1) is 0 Å². The van der Waals surface area contributed by atoms with Gasteiger partial charge in [-0.2, -0.15) is 4.98 Å². The number of hydrogen-bond donors (Lipinski definition) is 1. The number of para-hydroxylation sites is 1. The van der Waals surface area contributed by atoms with E-state index < -0.39 is 0 Å². The molecule has 0 fully saturated rings. The number of aromatic nitrogens is 5. The van der Waals surface area contributed by atoms with Crippen LogP contribution in [0.4, 0.5) is 0 Å². The maximum Gasteiger partial charge on any atom is 0.278 e. The minimum Gasteiger partial charge on any atom is -0.352 e. The summed E-state index contributed by atoms with van der Waals surface area (Å²) in [6.07, 6.45) is 3.83. The molecule has 0 aliphatic heterocycles. The number of nitrogens with one attached hydrogen (secondary N) is 1. The highest BCUT2D eigenvalue weighted by atomic mass is 16.5. The van der Waals surface area contributed by atoms with E-state index >= 15 is 0 Å². The van der Waals surface area contributed by atoms with Crippen LogP contribution in [0.1, 0.15) is 37.5 Å². The Morgan fingerprint density at radius 2 is 1.89 bits per heavy atom. The molecule has 5 rings (SSSR count). The molecule has 1 N–H and O–H groups in total. The summed E-state index contributed by atoms with van der Waals surface area (Å²) >= 11 is 0. The molecule has 9 nitrogen and oxygen atoms in total. The fraction of sp³-hybridized carbons (Fsp3) is 0.296. The van der Waals surface area contributed by atoms with Crippen molar-refractivity contribution in [2.75, 3.05) is 0 Å². The zero-order valence-corrected chi connectivity index (χ0v) is 20.3. The molecule has 0 radical (unpaired) electrons. The monoisotopic (exact) mass is 484 g/mol. The zero-order valence-electron chi connectivity index (χ0n) is 20.3. The molecule has 1 atom stereocenters. The molecule has 0 saturated heterocycles. The van der Waals surface area contributed by atoms with Crippen LogP contribution in [0.5, 0.6) is 0 Å². The van der Waals surface area contributed by atoms with E-state index in [0.29, 0.717) is 29.2 Å². The van der Waals surface area contributed by atoms with Gasteiger partial charge in [0.25, 0.3) is 5.56 Å². The summed E-state index contributed by atoms with van der Waals surface area (Å²) in [5, 5.41) is 7.80. The second-order valence-electron chi connectivity index (χ2n) is 8.93. The molecule has 3 aromatic heterocycles. The number of nitrogens with zero attached hydrogens (tertiary/aromatic N) is 5. The minimum atomic E-state index is -0.266. The maximum atomic E-state index is 13.5. The van der Waals surface area contributed by atoms with Gasteiger partial charge in [0.05, 0.1) is 11.8 Å². The number of hydrogen-bond acceptors (Lipinski definition) is 6. The zero-order chi connectivity index (χ0) is 25.1. The predicted molar refractivity (Wildman–Crippen MR) is 137 cm³/mol. The number of rotatable bonds is 9. The van der Waals surface area contributed by atoms with Crippen molar-refractivity contribution in [1.29, 1.82) is 0 Å². The van der Waals surface area contributed by atoms with Gasteiger partial charge in [0, 0.05) is 17.8 Å². The number of benzene rings is 2. The molecule has 9 heteroatoms. The van der Waals surface area contributed by atoms with Gasteiger partial charge in [-0.05, 0) is 31.4 Å². The lowest BCUT2D eigenvalue weighted by Gasteiger charge is -2.15. The molecular formula is C27H28N6O3. The van der Waals surface area contributed by atoms with Gasteiger partial charge < -0.3 is 14.4 Å². The third-order valence-electron chi connectivity index (χ3n) is 6.28. The van der Waals surface area contributed by atoms with Crippen LogP contribution in [-0.2, 0) is 30.7 Å². The third kappa shape index (κ3) is 4.77. The van der Waals surface area contributed by atoms with E-state index in [2.05, 4.69) is 32.6 Å². The van der Waals surface area contributed by atoms with Gasteiger partial charge in [-0.15, -0.1) is 0 Å². The Balaban J connectivity index is 1.41. The maximum absolute atomic E-state index is 13.5. The van der Waals surface area contributed by atoms with Crippen molar-refractivity contribution in [3.05, 3.63) is 88.6 Å². The minimum absolute atomic E-state index is 0.00846. The second-order valence-corrected chi connectivity index (χ2v) is 8.93. The highest BCUT2D eigenvalue weighted by molar-refractivity contribution is 6.06. The summed E-state index contributed by atoms with van der Waals surface area (Å²) in [7, 11) is 0. The van der Waals surface area contributed by atoms with Crippen LogP contribution >= 0.6 is 0 Å². The van der Waals surface area contributed by atoms with Gasteiger partial charge in [0.15, 0.2) is 5.82 Å². The Kier molecular flexibility index (Phi) is 6.62.